The third-order valence-electron chi connectivity index (χ3n) is 8.92. The van der Waals surface area contributed by atoms with Gasteiger partial charge in [-0.3, -0.25) is 4.79 Å². The van der Waals surface area contributed by atoms with E-state index in [0.717, 1.165) is 41.6 Å². The zero-order valence-electron chi connectivity index (χ0n) is 15.8. The zero-order chi connectivity index (χ0) is 16.8. The first-order valence-corrected chi connectivity index (χ1v) is 10.4. The number of fused-ring (bicyclic) bond motifs is 3. The van der Waals surface area contributed by atoms with E-state index in [1.165, 1.54) is 37.8 Å². The van der Waals surface area contributed by atoms with E-state index in [1.54, 1.807) is 0 Å². The number of carbonyl (C=O) groups excluding carboxylic acids is 1. The van der Waals surface area contributed by atoms with Crippen LogP contribution in [0.25, 0.3) is 0 Å². The Kier molecular flexibility index (Phi) is 3.15. The molecule has 8 atom stereocenters. The van der Waals surface area contributed by atoms with Crippen LogP contribution in [-0.4, -0.2) is 11.8 Å². The second-order valence-corrected chi connectivity index (χ2v) is 10.4. The van der Waals surface area contributed by atoms with Crippen LogP contribution in [0.4, 0.5) is 0 Å². The highest BCUT2D eigenvalue weighted by Gasteiger charge is 2.65. The van der Waals surface area contributed by atoms with Crippen molar-refractivity contribution in [3.8, 4) is 0 Å². The lowest BCUT2D eigenvalue weighted by molar-refractivity contribution is -0.115. The summed E-state index contributed by atoms with van der Waals surface area (Å²) in [6.45, 7) is 9.26. The predicted octanol–water partition coefficient (Wildman–Crippen LogP) is 4.56. The molecule has 0 aromatic carbocycles. The number of allylic oxidation sites excluding steroid dienone is 2. The van der Waals surface area contributed by atoms with Crippen molar-refractivity contribution in [2.45, 2.75) is 72.3 Å². The molecule has 0 aromatic rings. The molecule has 5 fully saturated rings. The molecule has 5 aliphatic carbocycles. The smallest absolute Gasteiger partial charge is 0.161 e. The third-order valence-corrected chi connectivity index (χ3v) is 8.92. The highest BCUT2D eigenvalue weighted by Crippen LogP contribution is 2.68. The van der Waals surface area contributed by atoms with E-state index in [4.69, 9.17) is 0 Å². The van der Waals surface area contributed by atoms with Crippen LogP contribution in [0.1, 0.15) is 66.2 Å². The molecule has 5 saturated carbocycles. The van der Waals surface area contributed by atoms with Crippen LogP contribution in [-0.2, 0) is 4.79 Å². The summed E-state index contributed by atoms with van der Waals surface area (Å²) in [4.78, 5) is 12.5. The summed E-state index contributed by atoms with van der Waals surface area (Å²) in [5, 5.41) is 3.84. The van der Waals surface area contributed by atoms with Crippen molar-refractivity contribution in [2.24, 2.45) is 46.8 Å². The Labute approximate surface area is 146 Å². The van der Waals surface area contributed by atoms with Crippen LogP contribution < -0.4 is 5.32 Å². The number of nitrogens with one attached hydrogen (secondary N) is 1. The van der Waals surface area contributed by atoms with Crippen molar-refractivity contribution < 1.29 is 4.79 Å². The van der Waals surface area contributed by atoms with Crippen LogP contribution in [0, 0.1) is 46.8 Å². The highest BCUT2D eigenvalue weighted by molar-refractivity contribution is 6.01. The number of rotatable bonds is 3. The van der Waals surface area contributed by atoms with Crippen LogP contribution in [0.15, 0.2) is 11.3 Å². The molecule has 0 aliphatic heterocycles. The fourth-order valence-electron chi connectivity index (χ4n) is 7.86. The van der Waals surface area contributed by atoms with E-state index in [9.17, 15) is 4.79 Å². The third kappa shape index (κ3) is 1.98. The molecule has 0 saturated heterocycles. The van der Waals surface area contributed by atoms with Crippen molar-refractivity contribution in [2.75, 3.05) is 0 Å². The van der Waals surface area contributed by atoms with Gasteiger partial charge in [-0.1, -0.05) is 13.8 Å². The van der Waals surface area contributed by atoms with Gasteiger partial charge in [0.1, 0.15) is 0 Å². The molecule has 2 nitrogen and oxygen atoms in total. The molecular weight excluding hydrogens is 294 g/mol. The standard InChI is InChI=1S/C22H33NO/c1-11(19-15-6-5-14-7-13(8-15)9-16(14)19)23-12(2)20-18(24)10-17-21(20)22(17,3)4/h11,13-17,19,21,23H,5-10H2,1-4H3/b20-12+/t11-,13-,14-,15+,16-,17+,19+,21+/m0/s1. The average molecular weight is 328 g/mol. The molecule has 5 rings (SSSR count). The lowest BCUT2D eigenvalue weighted by Crippen LogP contribution is -2.46. The molecule has 3 bridgehead atoms. The quantitative estimate of drug-likeness (QED) is 0.770. The number of carbonyl (C=O) groups is 1. The minimum atomic E-state index is 0.359. The number of ketones is 1. The lowest BCUT2D eigenvalue weighted by Gasteiger charge is -2.46. The van der Waals surface area contributed by atoms with Gasteiger partial charge in [0.25, 0.3) is 0 Å². The molecule has 0 spiro atoms. The van der Waals surface area contributed by atoms with E-state index in [2.05, 4.69) is 33.0 Å². The molecular formula is C22H33NO. The maximum atomic E-state index is 12.5. The zero-order valence-corrected chi connectivity index (χ0v) is 15.8. The summed E-state index contributed by atoms with van der Waals surface area (Å²) >= 11 is 0. The topological polar surface area (TPSA) is 29.1 Å². The van der Waals surface area contributed by atoms with Crippen LogP contribution in [0.2, 0.25) is 0 Å². The number of hydrogen-bond acceptors (Lipinski definition) is 2. The van der Waals surface area contributed by atoms with Crippen molar-refractivity contribution in [3.63, 3.8) is 0 Å². The molecule has 0 unspecified atom stereocenters. The van der Waals surface area contributed by atoms with Crippen LogP contribution in [0.3, 0.4) is 0 Å². The van der Waals surface area contributed by atoms with Crippen molar-refractivity contribution in [1.29, 1.82) is 0 Å². The molecule has 0 heterocycles. The molecule has 0 radical (unpaired) electrons. The minimum absolute atomic E-state index is 0.359. The summed E-state index contributed by atoms with van der Waals surface area (Å²) < 4.78 is 0. The van der Waals surface area contributed by atoms with Gasteiger partial charge < -0.3 is 5.32 Å². The van der Waals surface area contributed by atoms with Gasteiger partial charge in [0.2, 0.25) is 0 Å². The number of hydrogen-bond donors (Lipinski definition) is 1. The summed E-state index contributed by atoms with van der Waals surface area (Å²) in [5.74, 6) is 6.38. The minimum Gasteiger partial charge on any atom is -0.385 e. The van der Waals surface area contributed by atoms with Gasteiger partial charge >= 0.3 is 0 Å². The molecule has 0 aromatic heterocycles. The summed E-state index contributed by atoms with van der Waals surface area (Å²) in [6.07, 6.45) is 8.23. The van der Waals surface area contributed by atoms with Gasteiger partial charge in [-0.05, 0) is 92.8 Å². The second kappa shape index (κ2) is 4.89. The Morgan fingerprint density at radius 2 is 1.88 bits per heavy atom. The van der Waals surface area contributed by atoms with E-state index in [-0.39, 0.29) is 0 Å². The first kappa shape index (κ1) is 15.5. The predicted molar refractivity (Wildman–Crippen MR) is 96.2 cm³/mol. The van der Waals surface area contributed by atoms with E-state index in [1.807, 2.05) is 0 Å². The van der Waals surface area contributed by atoms with E-state index >= 15 is 0 Å². The van der Waals surface area contributed by atoms with Gasteiger partial charge in [0.15, 0.2) is 5.78 Å². The average Bonchev–Trinajstić information content (AvgIpc) is 2.80. The Morgan fingerprint density at radius 1 is 1.17 bits per heavy atom. The number of Topliss-reactive ketones (excluding diaryl/α,β-unsaturated/α-hetero) is 1. The fraction of sp³-hybridized carbons (Fsp3) is 0.864. The van der Waals surface area contributed by atoms with Gasteiger partial charge in [0.05, 0.1) is 0 Å². The Hall–Kier alpha value is -0.790. The van der Waals surface area contributed by atoms with E-state index < -0.39 is 0 Å². The van der Waals surface area contributed by atoms with Crippen molar-refractivity contribution >= 4 is 5.78 Å². The van der Waals surface area contributed by atoms with Crippen LogP contribution in [0.5, 0.6) is 0 Å². The summed E-state index contributed by atoms with van der Waals surface area (Å²) in [6, 6.07) is 0.531. The largest absolute Gasteiger partial charge is 0.385 e. The Balaban J connectivity index is 1.36. The molecule has 2 heteroatoms. The molecule has 132 valence electrons. The van der Waals surface area contributed by atoms with Crippen molar-refractivity contribution in [3.05, 3.63) is 11.3 Å². The Bertz CT molecular complexity index is 617. The molecule has 0 amide bonds. The van der Waals surface area contributed by atoms with Crippen LogP contribution >= 0.6 is 0 Å². The lowest BCUT2D eigenvalue weighted by atomic mass is 9.62. The van der Waals surface area contributed by atoms with E-state index in [0.29, 0.717) is 29.1 Å². The van der Waals surface area contributed by atoms with Gasteiger partial charge in [-0.15, -0.1) is 0 Å². The Morgan fingerprint density at radius 3 is 2.62 bits per heavy atom. The maximum absolute atomic E-state index is 12.5. The monoisotopic (exact) mass is 327 g/mol. The highest BCUT2D eigenvalue weighted by atomic mass is 16.1. The summed E-state index contributed by atoms with van der Waals surface area (Å²) in [7, 11) is 0. The fourth-order valence-corrected chi connectivity index (χ4v) is 7.86. The second-order valence-electron chi connectivity index (χ2n) is 10.4. The SMILES string of the molecule is C/C(N[C@@H](C)[C@@H]1[C@@H]2CC[C@H]3C[C@@H](C2)C[C@@H]31)=C1/C(=O)C[C@@H]2[C@H]1C2(C)C. The van der Waals surface area contributed by atoms with Gasteiger partial charge in [-0.2, -0.15) is 0 Å². The first-order valence-electron chi connectivity index (χ1n) is 10.4. The maximum Gasteiger partial charge on any atom is 0.161 e. The first-order chi connectivity index (χ1) is 11.4. The molecule has 24 heavy (non-hydrogen) atoms. The van der Waals surface area contributed by atoms with Gasteiger partial charge in [-0.25, -0.2) is 0 Å². The molecule has 1 N–H and O–H groups in total. The van der Waals surface area contributed by atoms with Gasteiger partial charge in [0, 0.05) is 23.7 Å². The molecule has 5 aliphatic rings. The van der Waals surface area contributed by atoms with Crippen molar-refractivity contribution in [1.82, 2.24) is 5.32 Å². The summed E-state index contributed by atoms with van der Waals surface area (Å²) in [5.41, 5.74) is 2.72. The normalized spacial score (nSPS) is 50.7.